The van der Waals surface area contributed by atoms with E-state index in [-0.39, 0.29) is 0 Å². The Bertz CT molecular complexity index is 403. The van der Waals surface area contributed by atoms with E-state index in [0.29, 0.717) is 12.5 Å². The summed E-state index contributed by atoms with van der Waals surface area (Å²) in [4.78, 5) is 0. The van der Waals surface area contributed by atoms with Gasteiger partial charge in [0.2, 0.25) is 0 Å². The monoisotopic (exact) mass is 217 g/mol. The number of thiophene rings is 1. The molecular formula is C13H15NS. The summed E-state index contributed by atoms with van der Waals surface area (Å²) >= 11 is 1.73. The molecule has 1 nitrogen and oxygen atoms in total. The lowest BCUT2D eigenvalue weighted by atomic mass is 9.99. The second kappa shape index (κ2) is 4.60. The van der Waals surface area contributed by atoms with Gasteiger partial charge in [0, 0.05) is 0 Å². The fraction of sp³-hybridized carbons (Fsp3) is 0.231. The average Bonchev–Trinajstić information content (AvgIpc) is 2.82. The van der Waals surface area contributed by atoms with Crippen molar-refractivity contribution in [1.82, 2.24) is 0 Å². The highest BCUT2D eigenvalue weighted by atomic mass is 32.1. The van der Waals surface area contributed by atoms with E-state index in [2.05, 4.69) is 48.0 Å². The lowest BCUT2D eigenvalue weighted by Crippen LogP contribution is -2.08. The predicted octanol–water partition coefficient (Wildman–Crippen LogP) is 3.48. The van der Waals surface area contributed by atoms with E-state index < -0.39 is 0 Å². The molecule has 0 spiro atoms. The Morgan fingerprint density at radius 3 is 2.40 bits per heavy atom. The molecule has 0 saturated carbocycles. The van der Waals surface area contributed by atoms with Crippen molar-refractivity contribution in [2.75, 3.05) is 6.54 Å². The zero-order valence-electron chi connectivity index (χ0n) is 8.81. The molecule has 2 rings (SSSR count). The number of hydrogen-bond acceptors (Lipinski definition) is 2. The highest BCUT2D eigenvalue weighted by Gasteiger charge is 2.03. The second-order valence-corrected chi connectivity index (χ2v) is 4.55. The summed E-state index contributed by atoms with van der Waals surface area (Å²) in [6, 6.07) is 10.8. The van der Waals surface area contributed by atoms with Crippen LogP contribution in [0.3, 0.4) is 0 Å². The maximum Gasteiger partial charge on any atom is -0.00109 e. The molecule has 1 aromatic heterocycles. The smallest absolute Gasteiger partial charge is 0.00109 e. The van der Waals surface area contributed by atoms with Gasteiger partial charge in [0.1, 0.15) is 0 Å². The van der Waals surface area contributed by atoms with Gasteiger partial charge >= 0.3 is 0 Å². The topological polar surface area (TPSA) is 26.0 Å². The van der Waals surface area contributed by atoms with E-state index in [9.17, 15) is 0 Å². The third-order valence-electron chi connectivity index (χ3n) is 2.69. The SMILES string of the molecule is C[C@@H](CN)c1ccc(-c2ccsc2)cc1. The van der Waals surface area contributed by atoms with Gasteiger partial charge in [-0.25, -0.2) is 0 Å². The van der Waals surface area contributed by atoms with Crippen molar-refractivity contribution in [3.05, 3.63) is 46.7 Å². The van der Waals surface area contributed by atoms with Crippen molar-refractivity contribution in [1.29, 1.82) is 0 Å². The number of benzene rings is 1. The van der Waals surface area contributed by atoms with Crippen LogP contribution >= 0.6 is 11.3 Å². The van der Waals surface area contributed by atoms with Gasteiger partial charge in [-0.2, -0.15) is 11.3 Å². The molecule has 1 atom stereocenters. The minimum absolute atomic E-state index is 0.446. The molecule has 0 aliphatic rings. The third-order valence-corrected chi connectivity index (χ3v) is 3.37. The number of hydrogen-bond donors (Lipinski definition) is 1. The molecule has 0 bridgehead atoms. The maximum atomic E-state index is 5.64. The van der Waals surface area contributed by atoms with Crippen LogP contribution in [-0.4, -0.2) is 6.54 Å². The molecule has 0 unspecified atom stereocenters. The van der Waals surface area contributed by atoms with Crippen molar-refractivity contribution in [2.24, 2.45) is 5.73 Å². The lowest BCUT2D eigenvalue weighted by molar-refractivity contribution is 0.774. The van der Waals surface area contributed by atoms with Crippen LogP contribution in [0, 0.1) is 0 Å². The minimum Gasteiger partial charge on any atom is -0.330 e. The van der Waals surface area contributed by atoms with E-state index in [1.807, 2.05) is 0 Å². The molecule has 0 saturated heterocycles. The molecular weight excluding hydrogens is 202 g/mol. The summed E-state index contributed by atoms with van der Waals surface area (Å²) in [5, 5.41) is 4.27. The fourth-order valence-electron chi connectivity index (χ4n) is 1.57. The van der Waals surface area contributed by atoms with Gasteiger partial charge in [0.25, 0.3) is 0 Å². The first-order chi connectivity index (χ1) is 7.31. The van der Waals surface area contributed by atoms with Crippen LogP contribution in [0.25, 0.3) is 11.1 Å². The van der Waals surface area contributed by atoms with Crippen LogP contribution in [0.5, 0.6) is 0 Å². The molecule has 0 aliphatic heterocycles. The Morgan fingerprint density at radius 1 is 1.13 bits per heavy atom. The Hall–Kier alpha value is -1.12. The predicted molar refractivity (Wildman–Crippen MR) is 67.2 cm³/mol. The first-order valence-corrected chi connectivity index (χ1v) is 6.08. The first kappa shape index (κ1) is 10.4. The lowest BCUT2D eigenvalue weighted by Gasteiger charge is -2.09. The average molecular weight is 217 g/mol. The maximum absolute atomic E-state index is 5.64. The molecule has 78 valence electrons. The zero-order valence-corrected chi connectivity index (χ0v) is 9.63. The Balaban J connectivity index is 2.25. The van der Waals surface area contributed by atoms with Crippen LogP contribution in [-0.2, 0) is 0 Å². The minimum atomic E-state index is 0.446. The summed E-state index contributed by atoms with van der Waals surface area (Å²) in [5.41, 5.74) is 9.53. The van der Waals surface area contributed by atoms with Crippen molar-refractivity contribution in [2.45, 2.75) is 12.8 Å². The largest absolute Gasteiger partial charge is 0.330 e. The van der Waals surface area contributed by atoms with E-state index in [1.165, 1.54) is 16.7 Å². The molecule has 0 radical (unpaired) electrons. The quantitative estimate of drug-likeness (QED) is 0.837. The second-order valence-electron chi connectivity index (χ2n) is 3.77. The van der Waals surface area contributed by atoms with Crippen molar-refractivity contribution < 1.29 is 0 Å². The van der Waals surface area contributed by atoms with Crippen LogP contribution in [0.2, 0.25) is 0 Å². The molecule has 2 heteroatoms. The van der Waals surface area contributed by atoms with Crippen molar-refractivity contribution >= 4 is 11.3 Å². The molecule has 2 aromatic rings. The fourth-order valence-corrected chi connectivity index (χ4v) is 2.23. The van der Waals surface area contributed by atoms with E-state index in [1.54, 1.807) is 11.3 Å². The number of nitrogens with two attached hydrogens (primary N) is 1. The Morgan fingerprint density at radius 2 is 1.87 bits per heavy atom. The summed E-state index contributed by atoms with van der Waals surface area (Å²) in [6.07, 6.45) is 0. The summed E-state index contributed by atoms with van der Waals surface area (Å²) in [7, 11) is 0. The van der Waals surface area contributed by atoms with E-state index >= 15 is 0 Å². The highest BCUT2D eigenvalue weighted by molar-refractivity contribution is 7.08. The van der Waals surface area contributed by atoms with Gasteiger partial charge in [0.15, 0.2) is 0 Å². The van der Waals surface area contributed by atoms with Crippen LogP contribution in [0.1, 0.15) is 18.4 Å². The normalized spacial score (nSPS) is 12.7. The molecule has 15 heavy (non-hydrogen) atoms. The third kappa shape index (κ3) is 2.28. The van der Waals surface area contributed by atoms with Gasteiger partial charge in [-0.15, -0.1) is 0 Å². The molecule has 1 aromatic carbocycles. The van der Waals surface area contributed by atoms with Crippen molar-refractivity contribution in [3.8, 4) is 11.1 Å². The van der Waals surface area contributed by atoms with E-state index in [0.717, 1.165) is 0 Å². The molecule has 0 fully saturated rings. The standard InChI is InChI=1S/C13H15NS/c1-10(8-14)11-2-4-12(5-3-11)13-6-7-15-9-13/h2-7,9-10H,8,14H2,1H3/t10-/m0/s1. The van der Waals surface area contributed by atoms with Crippen molar-refractivity contribution in [3.63, 3.8) is 0 Å². The molecule has 1 heterocycles. The van der Waals surface area contributed by atoms with Gasteiger partial charge in [0.05, 0.1) is 0 Å². The zero-order chi connectivity index (χ0) is 10.7. The summed E-state index contributed by atoms with van der Waals surface area (Å²) < 4.78 is 0. The molecule has 0 amide bonds. The van der Waals surface area contributed by atoms with Gasteiger partial charge in [-0.1, -0.05) is 31.2 Å². The Kier molecular flexibility index (Phi) is 3.19. The number of rotatable bonds is 3. The van der Waals surface area contributed by atoms with Crippen LogP contribution < -0.4 is 5.73 Å². The highest BCUT2D eigenvalue weighted by Crippen LogP contribution is 2.24. The van der Waals surface area contributed by atoms with E-state index in [4.69, 9.17) is 5.73 Å². The molecule has 2 N–H and O–H groups in total. The molecule has 0 aliphatic carbocycles. The summed E-state index contributed by atoms with van der Waals surface area (Å²) in [6.45, 7) is 2.86. The van der Waals surface area contributed by atoms with Gasteiger partial charge in [-0.05, 0) is 46.0 Å². The van der Waals surface area contributed by atoms with Gasteiger partial charge in [-0.3, -0.25) is 0 Å². The first-order valence-electron chi connectivity index (χ1n) is 5.14. The van der Waals surface area contributed by atoms with Gasteiger partial charge < -0.3 is 5.73 Å². The van der Waals surface area contributed by atoms with Crippen LogP contribution in [0.15, 0.2) is 41.1 Å². The van der Waals surface area contributed by atoms with Crippen LogP contribution in [0.4, 0.5) is 0 Å². The Labute approximate surface area is 94.6 Å². The summed E-state index contributed by atoms with van der Waals surface area (Å²) in [5.74, 6) is 0.446.